The molecule has 0 saturated carbocycles. The Labute approximate surface area is 79.3 Å². The van der Waals surface area contributed by atoms with Gasteiger partial charge in [-0.25, -0.2) is 0 Å². The van der Waals surface area contributed by atoms with E-state index in [-0.39, 0.29) is 12.3 Å². The summed E-state index contributed by atoms with van der Waals surface area (Å²) in [5.41, 5.74) is -3.95. The zero-order chi connectivity index (χ0) is 11.9. The Morgan fingerprint density at radius 3 is 1.87 bits per heavy atom. The fourth-order valence-corrected chi connectivity index (χ4v) is 0.890. The molecule has 0 amide bonds. The number of nitrogens with zero attached hydrogens (tertiary/aromatic N) is 1. The van der Waals surface area contributed by atoms with Crippen LogP contribution in [0, 0.1) is 11.4 Å². The van der Waals surface area contributed by atoms with Crippen molar-refractivity contribution in [3.05, 3.63) is 34.8 Å². The van der Waals surface area contributed by atoms with E-state index in [1.54, 1.807) is 0 Å². The van der Waals surface area contributed by atoms with Crippen LogP contribution in [0.15, 0.2) is 12.3 Å². The second-order valence-corrected chi connectivity index (χ2v) is 2.55. The molecule has 0 aliphatic heterocycles. The Bertz CT molecular complexity index is 369. The minimum absolute atomic E-state index is 0.0319. The van der Waals surface area contributed by atoms with E-state index in [2.05, 4.69) is 0 Å². The molecule has 0 spiro atoms. The highest BCUT2D eigenvalue weighted by molar-refractivity contribution is 5.26. The van der Waals surface area contributed by atoms with Gasteiger partial charge in [-0.1, -0.05) is 0 Å². The van der Waals surface area contributed by atoms with E-state index in [9.17, 15) is 31.5 Å². The number of aromatic nitrogens is 1. The highest BCUT2D eigenvalue weighted by Gasteiger charge is 2.45. The van der Waals surface area contributed by atoms with Crippen LogP contribution >= 0.6 is 0 Å². The van der Waals surface area contributed by atoms with E-state index < -0.39 is 28.2 Å². The van der Waals surface area contributed by atoms with Crippen LogP contribution in [-0.2, 0) is 12.4 Å². The number of hydrogen-bond donors (Lipinski definition) is 0. The van der Waals surface area contributed by atoms with Gasteiger partial charge in [0.15, 0.2) is 6.20 Å². The molecule has 1 aromatic rings. The molecular formula is C7H2F6NO. The Hall–Kier alpha value is -1.47. The Morgan fingerprint density at radius 2 is 1.47 bits per heavy atom. The molecule has 2 nitrogen and oxygen atoms in total. The van der Waals surface area contributed by atoms with E-state index in [0.717, 1.165) is 0 Å². The molecule has 0 aromatic carbocycles. The van der Waals surface area contributed by atoms with Crippen molar-refractivity contribution < 1.29 is 31.1 Å². The minimum Gasteiger partial charge on any atom is -0.618 e. The van der Waals surface area contributed by atoms with Gasteiger partial charge in [0, 0.05) is 6.07 Å². The second-order valence-electron chi connectivity index (χ2n) is 2.55. The summed E-state index contributed by atoms with van der Waals surface area (Å²) in [6.45, 7) is 0. The lowest BCUT2D eigenvalue weighted by Crippen LogP contribution is -2.30. The van der Waals surface area contributed by atoms with E-state index in [4.69, 9.17) is 0 Å². The van der Waals surface area contributed by atoms with Gasteiger partial charge in [0.05, 0.1) is 5.56 Å². The first-order valence-electron chi connectivity index (χ1n) is 3.41. The lowest BCUT2D eigenvalue weighted by Gasteiger charge is -2.13. The van der Waals surface area contributed by atoms with Crippen molar-refractivity contribution in [2.24, 2.45) is 0 Å². The molecule has 0 aliphatic rings. The van der Waals surface area contributed by atoms with Crippen LogP contribution in [0.3, 0.4) is 0 Å². The third kappa shape index (κ3) is 2.51. The van der Waals surface area contributed by atoms with Crippen LogP contribution in [0.25, 0.3) is 0 Å². The molecule has 83 valence electrons. The summed E-state index contributed by atoms with van der Waals surface area (Å²) in [6, 6.07) is -0.0319. The van der Waals surface area contributed by atoms with Crippen molar-refractivity contribution in [3.8, 4) is 0 Å². The Morgan fingerprint density at radius 1 is 1.00 bits per heavy atom. The summed E-state index contributed by atoms with van der Waals surface area (Å²) in [4.78, 5) is 0. The van der Waals surface area contributed by atoms with Crippen molar-refractivity contribution in [1.82, 2.24) is 0 Å². The maximum atomic E-state index is 12.1. The van der Waals surface area contributed by atoms with Gasteiger partial charge in [-0.3, -0.25) is 0 Å². The SMILES string of the molecule is [O-][n+]1[c]cc(C(F)(F)F)c(C(F)(F)F)c1. The largest absolute Gasteiger partial charge is 0.618 e. The van der Waals surface area contributed by atoms with Crippen LogP contribution in [0.4, 0.5) is 26.3 Å². The molecule has 0 bridgehead atoms. The molecule has 0 atom stereocenters. The summed E-state index contributed by atoms with van der Waals surface area (Å²) in [5, 5.41) is 10.4. The molecule has 1 aromatic heterocycles. The summed E-state index contributed by atoms with van der Waals surface area (Å²) in [6.07, 6.45) is -9.15. The first-order chi connectivity index (χ1) is 6.62. The fourth-order valence-electron chi connectivity index (χ4n) is 0.890. The van der Waals surface area contributed by atoms with Crippen molar-refractivity contribution in [2.75, 3.05) is 0 Å². The Balaban J connectivity index is 3.41. The molecule has 15 heavy (non-hydrogen) atoms. The standard InChI is InChI=1S/C7H2F6NO/c8-6(9,10)4-1-2-14(15)3-5(4)7(11,12)13/h1,3H. The van der Waals surface area contributed by atoms with Crippen LogP contribution in [-0.4, -0.2) is 0 Å². The number of alkyl halides is 6. The van der Waals surface area contributed by atoms with Crippen molar-refractivity contribution in [3.63, 3.8) is 0 Å². The zero-order valence-electron chi connectivity index (χ0n) is 6.78. The van der Waals surface area contributed by atoms with Crippen LogP contribution in [0.5, 0.6) is 0 Å². The van der Waals surface area contributed by atoms with Crippen LogP contribution in [0.2, 0.25) is 0 Å². The second kappa shape index (κ2) is 3.28. The average Bonchev–Trinajstić information content (AvgIpc) is 2.00. The van der Waals surface area contributed by atoms with Crippen molar-refractivity contribution >= 4 is 0 Å². The zero-order valence-corrected chi connectivity index (χ0v) is 6.78. The molecular weight excluding hydrogens is 228 g/mol. The molecule has 1 heterocycles. The highest BCUT2D eigenvalue weighted by Crippen LogP contribution is 2.38. The number of pyridine rings is 1. The normalized spacial score (nSPS) is 12.9. The molecule has 0 saturated heterocycles. The van der Waals surface area contributed by atoms with E-state index >= 15 is 0 Å². The quantitative estimate of drug-likeness (QED) is 0.381. The maximum absolute atomic E-state index is 12.1. The summed E-state index contributed by atoms with van der Waals surface area (Å²) in [5.74, 6) is 0. The van der Waals surface area contributed by atoms with E-state index in [1.165, 1.54) is 6.20 Å². The molecule has 0 fully saturated rings. The fraction of sp³-hybridized carbons (Fsp3) is 0.286. The maximum Gasteiger partial charge on any atom is 0.422 e. The number of rotatable bonds is 0. The predicted molar refractivity (Wildman–Crippen MR) is 34.2 cm³/mol. The van der Waals surface area contributed by atoms with Crippen LogP contribution in [0.1, 0.15) is 11.1 Å². The van der Waals surface area contributed by atoms with Gasteiger partial charge in [0.25, 0.3) is 6.20 Å². The number of hydrogen-bond acceptors (Lipinski definition) is 1. The smallest absolute Gasteiger partial charge is 0.422 e. The van der Waals surface area contributed by atoms with Gasteiger partial charge in [-0.05, 0) is 0 Å². The minimum atomic E-state index is -5.23. The van der Waals surface area contributed by atoms with E-state index in [0.29, 0.717) is 0 Å². The molecule has 1 radical (unpaired) electrons. The van der Waals surface area contributed by atoms with Crippen molar-refractivity contribution in [2.45, 2.75) is 12.4 Å². The van der Waals surface area contributed by atoms with Gasteiger partial charge < -0.3 is 5.21 Å². The molecule has 0 N–H and O–H groups in total. The third-order valence-electron chi connectivity index (χ3n) is 1.48. The first-order valence-corrected chi connectivity index (χ1v) is 3.41. The highest BCUT2D eigenvalue weighted by atomic mass is 19.4. The molecule has 8 heteroatoms. The summed E-state index contributed by atoms with van der Waals surface area (Å²) >= 11 is 0. The monoisotopic (exact) mass is 230 g/mol. The van der Waals surface area contributed by atoms with Gasteiger partial charge in [0.1, 0.15) is 5.56 Å². The Kier molecular flexibility index (Phi) is 2.54. The van der Waals surface area contributed by atoms with Gasteiger partial charge in [0.2, 0.25) is 0 Å². The average molecular weight is 230 g/mol. The molecule has 0 unspecified atom stereocenters. The third-order valence-corrected chi connectivity index (χ3v) is 1.48. The van der Waals surface area contributed by atoms with Gasteiger partial charge >= 0.3 is 12.4 Å². The van der Waals surface area contributed by atoms with Gasteiger partial charge in [-0.15, -0.1) is 0 Å². The van der Waals surface area contributed by atoms with Crippen molar-refractivity contribution in [1.29, 1.82) is 0 Å². The topological polar surface area (TPSA) is 26.9 Å². The lowest BCUT2D eigenvalue weighted by atomic mass is 10.1. The molecule has 1 rings (SSSR count). The predicted octanol–water partition coefficient (Wildman–Crippen LogP) is 2.16. The number of halogens is 6. The van der Waals surface area contributed by atoms with Crippen LogP contribution < -0.4 is 4.73 Å². The van der Waals surface area contributed by atoms with Gasteiger partial charge in [-0.2, -0.15) is 31.1 Å². The summed E-state index contributed by atoms with van der Waals surface area (Å²) in [7, 11) is 0. The first kappa shape index (κ1) is 11.6. The lowest BCUT2D eigenvalue weighted by molar-refractivity contribution is -0.611. The molecule has 0 aliphatic carbocycles. The summed E-state index contributed by atoms with van der Waals surface area (Å²) < 4.78 is 72.1. The van der Waals surface area contributed by atoms with E-state index in [1.807, 2.05) is 0 Å².